The fraction of sp³-hybridized carbons (Fsp3) is 0.394. The second-order valence-corrected chi connectivity index (χ2v) is 10.8. The summed E-state index contributed by atoms with van der Waals surface area (Å²) in [4.78, 5) is 21.1. The summed E-state index contributed by atoms with van der Waals surface area (Å²) in [6, 6.07) is 20.5. The van der Waals surface area contributed by atoms with Crippen molar-refractivity contribution in [1.82, 2.24) is 10.0 Å². The Morgan fingerprint density at radius 1 is 0.932 bits per heavy atom. The lowest BCUT2D eigenvalue weighted by atomic mass is 9.77. The van der Waals surface area contributed by atoms with Gasteiger partial charge in [-0.25, -0.2) is 4.39 Å². The number of halogens is 4. The van der Waals surface area contributed by atoms with Gasteiger partial charge in [-0.15, -0.1) is 0 Å². The fourth-order valence-corrected chi connectivity index (χ4v) is 5.14. The molecule has 44 heavy (non-hydrogen) atoms. The van der Waals surface area contributed by atoms with Crippen molar-refractivity contribution in [2.24, 2.45) is 5.92 Å². The molecule has 1 saturated carbocycles. The van der Waals surface area contributed by atoms with E-state index in [4.69, 9.17) is 9.90 Å². The second kappa shape index (κ2) is 19.8. The first-order chi connectivity index (χ1) is 21.1. The molecular weight excluding hydrogens is 594 g/mol. The molecule has 1 saturated heterocycles. The smallest absolute Gasteiger partial charge is 0.416 e. The van der Waals surface area contributed by atoms with E-state index in [-0.39, 0.29) is 29.9 Å². The number of thiol groups is 1. The number of amides is 1. The molecule has 1 heterocycles. The van der Waals surface area contributed by atoms with Crippen LogP contribution in [0.1, 0.15) is 62.0 Å². The van der Waals surface area contributed by atoms with E-state index in [1.807, 2.05) is 18.2 Å². The zero-order valence-corrected chi connectivity index (χ0v) is 25.6. The molecule has 5 rings (SSSR count). The molecule has 2 unspecified atom stereocenters. The molecule has 11 heteroatoms. The van der Waals surface area contributed by atoms with Crippen LogP contribution in [0.4, 0.5) is 23.2 Å². The van der Waals surface area contributed by atoms with Gasteiger partial charge in [-0.1, -0.05) is 80.3 Å². The molecule has 6 nitrogen and oxygen atoms in total. The molecule has 1 aliphatic heterocycles. The summed E-state index contributed by atoms with van der Waals surface area (Å²) in [5.74, 6) is -1.54. The number of carboxylic acid groups (broad SMARTS) is 1. The minimum atomic E-state index is -4.63. The third-order valence-electron chi connectivity index (χ3n) is 7.30. The first kappa shape index (κ1) is 36.8. The summed E-state index contributed by atoms with van der Waals surface area (Å²) < 4.78 is 54.7. The number of carbonyl (C=O) groups excluding carboxylic acids is 1. The van der Waals surface area contributed by atoms with Crippen molar-refractivity contribution < 1.29 is 32.3 Å². The Morgan fingerprint density at radius 2 is 1.52 bits per heavy atom. The summed E-state index contributed by atoms with van der Waals surface area (Å²) in [6.45, 7) is 2.25. The summed E-state index contributed by atoms with van der Waals surface area (Å²) in [5.41, 5.74) is 2.11. The van der Waals surface area contributed by atoms with Crippen LogP contribution in [0.3, 0.4) is 0 Å². The van der Waals surface area contributed by atoms with E-state index in [0.29, 0.717) is 18.9 Å². The van der Waals surface area contributed by atoms with Crippen LogP contribution in [0.2, 0.25) is 0 Å². The highest BCUT2D eigenvalue weighted by molar-refractivity contribution is 7.78. The second-order valence-electron chi connectivity index (χ2n) is 10.4. The Morgan fingerprint density at radius 3 is 2.02 bits per heavy atom. The van der Waals surface area contributed by atoms with Gasteiger partial charge in [-0.2, -0.15) is 13.2 Å². The van der Waals surface area contributed by atoms with Crippen molar-refractivity contribution in [2.75, 3.05) is 25.5 Å². The largest absolute Gasteiger partial charge is 0.483 e. The first-order valence-electron chi connectivity index (χ1n) is 14.6. The van der Waals surface area contributed by atoms with Gasteiger partial charge in [-0.05, 0) is 93.0 Å². The molecule has 3 aromatic rings. The van der Waals surface area contributed by atoms with Gasteiger partial charge in [0, 0.05) is 5.92 Å². The molecule has 4 N–H and O–H groups in total. The number of piperidine rings is 1. The van der Waals surface area contributed by atoms with E-state index in [2.05, 4.69) is 64.6 Å². The SMILES string of the molecule is C1CCNCC1.CNS.O=C(Nc1ccc(C(F)(F)F)cc1F)C1CCCC(c2ccc(-c3ccccc3)cc2)C1.O=CO. The number of benzene rings is 3. The van der Waals surface area contributed by atoms with Gasteiger partial charge in [0.05, 0.1) is 11.3 Å². The van der Waals surface area contributed by atoms with Crippen LogP contribution in [0.15, 0.2) is 72.8 Å². The summed E-state index contributed by atoms with van der Waals surface area (Å²) in [5, 5.41) is 12.7. The summed E-state index contributed by atoms with van der Waals surface area (Å²) in [6.07, 6.45) is 2.70. The van der Waals surface area contributed by atoms with E-state index in [9.17, 15) is 22.4 Å². The third kappa shape index (κ3) is 12.7. The zero-order chi connectivity index (χ0) is 32.4. The molecule has 0 spiro atoms. The maximum absolute atomic E-state index is 14.1. The van der Waals surface area contributed by atoms with E-state index in [0.717, 1.165) is 41.7 Å². The van der Waals surface area contributed by atoms with Crippen LogP contribution >= 0.6 is 12.8 Å². The first-order valence-corrected chi connectivity index (χ1v) is 15.0. The van der Waals surface area contributed by atoms with Crippen molar-refractivity contribution in [3.8, 4) is 11.1 Å². The number of hydrogen-bond acceptors (Lipinski definition) is 5. The number of anilines is 1. The van der Waals surface area contributed by atoms with Crippen LogP contribution in [0.25, 0.3) is 11.1 Å². The van der Waals surface area contributed by atoms with Gasteiger partial charge < -0.3 is 15.7 Å². The number of rotatable bonds is 4. The molecule has 1 amide bonds. The lowest BCUT2D eigenvalue weighted by Gasteiger charge is -2.29. The lowest BCUT2D eigenvalue weighted by Crippen LogP contribution is -2.28. The third-order valence-corrected chi connectivity index (χ3v) is 7.30. The van der Waals surface area contributed by atoms with Crippen LogP contribution < -0.4 is 15.4 Å². The van der Waals surface area contributed by atoms with E-state index in [1.54, 1.807) is 7.05 Å². The highest BCUT2D eigenvalue weighted by Gasteiger charge is 2.32. The average Bonchev–Trinajstić information content (AvgIpc) is 3.04. The van der Waals surface area contributed by atoms with E-state index >= 15 is 0 Å². The Hall–Kier alpha value is -3.41. The fourth-order valence-electron chi connectivity index (χ4n) is 5.14. The number of carbonyl (C=O) groups is 2. The molecule has 1 aliphatic carbocycles. The quantitative estimate of drug-likeness (QED) is 0.114. The summed E-state index contributed by atoms with van der Waals surface area (Å²) >= 11 is 3.54. The van der Waals surface area contributed by atoms with Crippen LogP contribution in [-0.4, -0.2) is 37.6 Å². The van der Waals surface area contributed by atoms with Crippen LogP contribution in [0.5, 0.6) is 0 Å². The molecule has 2 aliphatic rings. The molecule has 0 bridgehead atoms. The molecule has 2 fully saturated rings. The topological polar surface area (TPSA) is 90.5 Å². The van der Waals surface area contributed by atoms with Gasteiger partial charge in [0.15, 0.2) is 0 Å². The highest BCUT2D eigenvalue weighted by atomic mass is 32.1. The van der Waals surface area contributed by atoms with Crippen molar-refractivity contribution in [3.63, 3.8) is 0 Å². The zero-order valence-electron chi connectivity index (χ0n) is 24.7. The van der Waals surface area contributed by atoms with Crippen LogP contribution in [0, 0.1) is 11.7 Å². The molecule has 240 valence electrons. The van der Waals surface area contributed by atoms with Crippen molar-refractivity contribution in [3.05, 3.63) is 89.7 Å². The normalized spacial score (nSPS) is 17.7. The number of hydrogen-bond donors (Lipinski definition) is 5. The molecule has 2 atom stereocenters. The molecule has 0 aromatic heterocycles. The average molecular weight is 636 g/mol. The van der Waals surface area contributed by atoms with Gasteiger partial charge in [0.25, 0.3) is 6.47 Å². The number of alkyl halides is 3. The minimum Gasteiger partial charge on any atom is -0.483 e. The van der Waals surface area contributed by atoms with Gasteiger partial charge in [0.2, 0.25) is 5.91 Å². The standard InChI is InChI=1S/C26H23F4NO.C5H11N.CH5NS.CH2O2/c27-23-16-22(26(28,29)30)13-14-24(23)31-25(32)21-8-4-7-20(15-21)19-11-9-18(10-12-19)17-5-2-1-3-6-17;1-2-4-6-5-3-1;1-2-3;2-1-3/h1-3,5-6,9-14,16,20-21H,4,7-8,15H2,(H,31,32);6H,1-5H2;2-3H,1H3;1H,(H,2,3). The maximum Gasteiger partial charge on any atom is 0.416 e. The Kier molecular flexibility index (Phi) is 16.5. The van der Waals surface area contributed by atoms with Gasteiger partial charge in [0.1, 0.15) is 5.82 Å². The van der Waals surface area contributed by atoms with Crippen molar-refractivity contribution in [2.45, 2.75) is 57.0 Å². The molecule has 3 aromatic carbocycles. The lowest BCUT2D eigenvalue weighted by molar-refractivity contribution is -0.137. The van der Waals surface area contributed by atoms with Gasteiger partial charge in [-0.3, -0.25) is 14.3 Å². The number of nitrogens with one attached hydrogen (secondary N) is 3. The monoisotopic (exact) mass is 635 g/mol. The van der Waals surface area contributed by atoms with Crippen molar-refractivity contribution in [1.29, 1.82) is 0 Å². The van der Waals surface area contributed by atoms with Crippen LogP contribution in [-0.2, 0) is 15.8 Å². The maximum atomic E-state index is 14.1. The predicted octanol–water partition coefficient (Wildman–Crippen LogP) is 7.94. The Labute approximate surface area is 262 Å². The summed E-state index contributed by atoms with van der Waals surface area (Å²) in [7, 11) is 1.74. The predicted molar refractivity (Wildman–Crippen MR) is 170 cm³/mol. The molecule has 0 radical (unpaired) electrons. The van der Waals surface area contributed by atoms with E-state index in [1.165, 1.54) is 32.4 Å². The Bertz CT molecular complexity index is 1250. The highest BCUT2D eigenvalue weighted by Crippen LogP contribution is 2.38. The molecular formula is C33H41F4N3O3S. The van der Waals surface area contributed by atoms with Crippen molar-refractivity contribution >= 4 is 30.9 Å². The van der Waals surface area contributed by atoms with E-state index < -0.39 is 17.6 Å². The minimum absolute atomic E-state index is 0.210. The Balaban J connectivity index is 0.000000476. The van der Waals surface area contributed by atoms with Gasteiger partial charge >= 0.3 is 6.18 Å².